The Morgan fingerprint density at radius 1 is 1.14 bits per heavy atom. The van der Waals surface area contributed by atoms with Crippen LogP contribution < -0.4 is 10.6 Å². The highest BCUT2D eigenvalue weighted by atomic mass is 32.1. The summed E-state index contributed by atoms with van der Waals surface area (Å²) < 4.78 is 0. The number of aromatic carboxylic acids is 1. The Morgan fingerprint density at radius 3 is 2.38 bits per heavy atom. The molecule has 0 saturated heterocycles. The molecule has 2 amide bonds. The highest BCUT2D eigenvalue weighted by Crippen LogP contribution is 2.16. The van der Waals surface area contributed by atoms with Gasteiger partial charge < -0.3 is 15.7 Å². The van der Waals surface area contributed by atoms with Crippen LogP contribution in [-0.4, -0.2) is 29.4 Å². The molecule has 0 aromatic carbocycles. The van der Waals surface area contributed by atoms with Crippen molar-refractivity contribution < 1.29 is 19.5 Å². The number of hydrogen-bond donors (Lipinski definition) is 3. The highest BCUT2D eigenvalue weighted by Gasteiger charge is 2.08. The van der Waals surface area contributed by atoms with E-state index in [-0.39, 0.29) is 23.1 Å². The predicted octanol–water partition coefficient (Wildman–Crippen LogP) is 1.76. The molecule has 7 heteroatoms. The second kappa shape index (κ2) is 9.12. The molecule has 116 valence electrons. The van der Waals surface area contributed by atoms with Crippen LogP contribution in [0.25, 0.3) is 0 Å². The number of nitrogens with one attached hydrogen (secondary N) is 2. The molecular weight excluding hydrogens is 292 g/mol. The molecular formula is C14H20N2O4S. The van der Waals surface area contributed by atoms with Crippen molar-refractivity contribution in [1.82, 2.24) is 10.6 Å². The van der Waals surface area contributed by atoms with Gasteiger partial charge in [-0.25, -0.2) is 4.79 Å². The van der Waals surface area contributed by atoms with Gasteiger partial charge in [0, 0.05) is 24.3 Å². The Labute approximate surface area is 127 Å². The zero-order valence-corrected chi connectivity index (χ0v) is 12.8. The Kier molecular flexibility index (Phi) is 7.45. The van der Waals surface area contributed by atoms with Crippen molar-refractivity contribution in [3.63, 3.8) is 0 Å². The van der Waals surface area contributed by atoms with E-state index in [2.05, 4.69) is 10.6 Å². The maximum absolute atomic E-state index is 11.6. The van der Waals surface area contributed by atoms with Crippen molar-refractivity contribution in [3.8, 4) is 0 Å². The van der Waals surface area contributed by atoms with E-state index in [1.807, 2.05) is 6.92 Å². The first kappa shape index (κ1) is 17.2. The summed E-state index contributed by atoms with van der Waals surface area (Å²) in [7, 11) is 0. The van der Waals surface area contributed by atoms with Gasteiger partial charge in [-0.05, 0) is 25.0 Å². The third kappa shape index (κ3) is 6.89. The minimum absolute atomic E-state index is 0.0333. The topological polar surface area (TPSA) is 95.5 Å². The van der Waals surface area contributed by atoms with Gasteiger partial charge in [0.05, 0.1) is 6.54 Å². The summed E-state index contributed by atoms with van der Waals surface area (Å²) in [5.74, 6) is -1.13. The molecule has 1 rings (SSSR count). The molecule has 0 bridgehead atoms. The first-order valence-electron chi connectivity index (χ1n) is 6.88. The summed E-state index contributed by atoms with van der Waals surface area (Å²) in [6, 6.07) is 3.21. The molecule has 1 aromatic rings. The zero-order chi connectivity index (χ0) is 15.7. The molecule has 0 unspecified atom stereocenters. The maximum atomic E-state index is 11.6. The molecule has 1 aromatic heterocycles. The van der Waals surface area contributed by atoms with Gasteiger partial charge in [-0.15, -0.1) is 11.3 Å². The first-order chi connectivity index (χ1) is 10.0. The fraction of sp³-hybridized carbons (Fsp3) is 0.500. The average Bonchev–Trinajstić information content (AvgIpc) is 2.92. The summed E-state index contributed by atoms with van der Waals surface area (Å²) >= 11 is 1.14. The van der Waals surface area contributed by atoms with E-state index in [9.17, 15) is 14.4 Å². The molecule has 0 fully saturated rings. The molecule has 6 nitrogen and oxygen atoms in total. The van der Waals surface area contributed by atoms with E-state index in [1.54, 1.807) is 6.07 Å². The minimum atomic E-state index is -0.962. The van der Waals surface area contributed by atoms with E-state index in [0.29, 0.717) is 25.9 Å². The molecule has 21 heavy (non-hydrogen) atoms. The summed E-state index contributed by atoms with van der Waals surface area (Å²) in [5, 5.41) is 14.3. The van der Waals surface area contributed by atoms with E-state index in [0.717, 1.165) is 22.6 Å². The second-order valence-corrected chi connectivity index (χ2v) is 5.72. The lowest BCUT2D eigenvalue weighted by atomic mass is 10.2. The Bertz CT molecular complexity index is 499. The fourth-order valence-corrected chi connectivity index (χ4v) is 2.41. The molecule has 0 aliphatic carbocycles. The molecule has 0 radical (unpaired) electrons. The van der Waals surface area contributed by atoms with Gasteiger partial charge in [0.2, 0.25) is 11.8 Å². The largest absolute Gasteiger partial charge is 0.477 e. The van der Waals surface area contributed by atoms with Crippen LogP contribution in [0.5, 0.6) is 0 Å². The highest BCUT2D eigenvalue weighted by molar-refractivity contribution is 7.13. The number of amides is 2. The zero-order valence-electron chi connectivity index (χ0n) is 12.0. The lowest BCUT2D eigenvalue weighted by Crippen LogP contribution is -2.25. The van der Waals surface area contributed by atoms with Gasteiger partial charge in [0.15, 0.2) is 0 Å². The van der Waals surface area contributed by atoms with Crippen LogP contribution in [0.15, 0.2) is 12.1 Å². The Hall–Kier alpha value is -1.89. The number of carboxylic acids is 1. The third-order valence-corrected chi connectivity index (χ3v) is 3.79. The lowest BCUT2D eigenvalue weighted by molar-refractivity contribution is -0.122. The normalized spacial score (nSPS) is 10.1. The van der Waals surface area contributed by atoms with Crippen LogP contribution in [0.2, 0.25) is 0 Å². The summed E-state index contributed by atoms with van der Waals surface area (Å²) in [4.78, 5) is 34.7. The van der Waals surface area contributed by atoms with E-state index < -0.39 is 5.97 Å². The molecule has 0 spiro atoms. The van der Waals surface area contributed by atoms with Crippen molar-refractivity contribution in [3.05, 3.63) is 21.9 Å². The third-order valence-electron chi connectivity index (χ3n) is 2.71. The Balaban J connectivity index is 2.18. The molecule has 1 heterocycles. The lowest BCUT2D eigenvalue weighted by Gasteiger charge is -2.04. The number of rotatable bonds is 9. The number of carbonyl (C=O) groups is 3. The van der Waals surface area contributed by atoms with Crippen molar-refractivity contribution in [2.45, 2.75) is 39.2 Å². The van der Waals surface area contributed by atoms with Crippen LogP contribution in [0, 0.1) is 0 Å². The van der Waals surface area contributed by atoms with Crippen molar-refractivity contribution in [2.24, 2.45) is 0 Å². The smallest absolute Gasteiger partial charge is 0.345 e. The van der Waals surface area contributed by atoms with Gasteiger partial charge in [-0.3, -0.25) is 9.59 Å². The minimum Gasteiger partial charge on any atom is -0.477 e. The summed E-state index contributed by atoms with van der Waals surface area (Å²) in [6.45, 7) is 2.96. The van der Waals surface area contributed by atoms with Crippen molar-refractivity contribution in [2.75, 3.05) is 6.54 Å². The SMILES string of the molecule is CCCNC(=O)CCCC(=O)NCc1ccc(C(=O)O)s1. The van der Waals surface area contributed by atoms with Crippen LogP contribution in [-0.2, 0) is 16.1 Å². The molecule has 0 aliphatic heterocycles. The van der Waals surface area contributed by atoms with Crippen LogP contribution in [0.4, 0.5) is 0 Å². The first-order valence-corrected chi connectivity index (χ1v) is 7.70. The predicted molar refractivity (Wildman–Crippen MR) is 80.3 cm³/mol. The van der Waals surface area contributed by atoms with E-state index in [1.165, 1.54) is 6.07 Å². The second-order valence-electron chi connectivity index (χ2n) is 4.55. The fourth-order valence-electron chi connectivity index (χ4n) is 1.62. The molecule has 0 atom stereocenters. The average molecular weight is 312 g/mol. The number of thiophene rings is 1. The van der Waals surface area contributed by atoms with Gasteiger partial charge in [0.25, 0.3) is 0 Å². The van der Waals surface area contributed by atoms with E-state index >= 15 is 0 Å². The van der Waals surface area contributed by atoms with Gasteiger partial charge >= 0.3 is 5.97 Å². The Morgan fingerprint density at radius 2 is 1.81 bits per heavy atom. The van der Waals surface area contributed by atoms with Crippen LogP contribution in [0.1, 0.15) is 47.2 Å². The summed E-state index contributed by atoms with van der Waals surface area (Å²) in [6.07, 6.45) is 2.03. The molecule has 0 aliphatic rings. The number of carboxylic acid groups (broad SMARTS) is 1. The molecule has 3 N–H and O–H groups in total. The van der Waals surface area contributed by atoms with Crippen LogP contribution in [0.3, 0.4) is 0 Å². The maximum Gasteiger partial charge on any atom is 0.345 e. The number of hydrogen-bond acceptors (Lipinski definition) is 4. The van der Waals surface area contributed by atoms with Gasteiger partial charge in [-0.2, -0.15) is 0 Å². The quantitative estimate of drug-likeness (QED) is 0.647. The number of carbonyl (C=O) groups excluding carboxylic acids is 2. The molecule has 0 saturated carbocycles. The summed E-state index contributed by atoms with van der Waals surface area (Å²) in [5.41, 5.74) is 0. The van der Waals surface area contributed by atoms with E-state index in [4.69, 9.17) is 5.11 Å². The van der Waals surface area contributed by atoms with Gasteiger partial charge in [-0.1, -0.05) is 6.92 Å². The van der Waals surface area contributed by atoms with Gasteiger partial charge in [0.1, 0.15) is 4.88 Å². The van der Waals surface area contributed by atoms with Crippen molar-refractivity contribution >= 4 is 29.1 Å². The van der Waals surface area contributed by atoms with Crippen molar-refractivity contribution in [1.29, 1.82) is 0 Å². The monoisotopic (exact) mass is 312 g/mol. The van der Waals surface area contributed by atoms with Crippen LogP contribution >= 0.6 is 11.3 Å². The standard InChI is InChI=1S/C14H20N2O4S/c1-2-8-15-12(17)4-3-5-13(18)16-9-10-6-7-11(21-10)14(19)20/h6-7H,2-5,8-9H2,1H3,(H,15,17)(H,16,18)(H,19,20).